The first-order chi connectivity index (χ1) is 7.63. The molecule has 0 aromatic carbocycles. The Labute approximate surface area is 98.1 Å². The lowest BCUT2D eigenvalue weighted by molar-refractivity contribution is -0.123. The molecule has 0 spiro atoms. The zero-order valence-corrected chi connectivity index (χ0v) is 10.6. The highest BCUT2D eigenvalue weighted by atomic mass is 16.5. The average molecular weight is 228 g/mol. The Balaban J connectivity index is 2.13. The van der Waals surface area contributed by atoms with E-state index >= 15 is 0 Å². The number of hydrogen-bond acceptors (Lipinski definition) is 3. The summed E-state index contributed by atoms with van der Waals surface area (Å²) in [7, 11) is 1.63. The van der Waals surface area contributed by atoms with Crippen LogP contribution in [0.1, 0.15) is 33.1 Å². The van der Waals surface area contributed by atoms with Gasteiger partial charge in [-0.15, -0.1) is 0 Å². The van der Waals surface area contributed by atoms with E-state index in [0.29, 0.717) is 18.6 Å². The van der Waals surface area contributed by atoms with Crippen molar-refractivity contribution < 1.29 is 9.53 Å². The van der Waals surface area contributed by atoms with E-state index in [0.717, 1.165) is 6.54 Å². The van der Waals surface area contributed by atoms with Gasteiger partial charge in [-0.2, -0.15) is 0 Å². The molecule has 1 aliphatic carbocycles. The second kappa shape index (κ2) is 6.21. The van der Waals surface area contributed by atoms with Crippen LogP contribution < -0.4 is 10.6 Å². The van der Waals surface area contributed by atoms with E-state index in [1.54, 1.807) is 7.11 Å². The fraction of sp³-hybridized carbons (Fsp3) is 0.917. The normalized spacial score (nSPS) is 19.2. The van der Waals surface area contributed by atoms with Crippen molar-refractivity contribution in [3.63, 3.8) is 0 Å². The molecule has 0 aromatic heterocycles. The summed E-state index contributed by atoms with van der Waals surface area (Å²) < 4.78 is 4.88. The summed E-state index contributed by atoms with van der Waals surface area (Å²) in [6.07, 6.45) is 3.81. The monoisotopic (exact) mass is 228 g/mol. The Kier molecular flexibility index (Phi) is 5.22. The molecule has 0 radical (unpaired) electrons. The largest absolute Gasteiger partial charge is 0.383 e. The molecule has 1 fully saturated rings. The van der Waals surface area contributed by atoms with Gasteiger partial charge in [-0.3, -0.25) is 4.79 Å². The molecular formula is C12H24N2O2. The van der Waals surface area contributed by atoms with Crippen LogP contribution in [0.3, 0.4) is 0 Å². The number of ether oxygens (including phenoxy) is 1. The van der Waals surface area contributed by atoms with Gasteiger partial charge in [0.15, 0.2) is 0 Å². The molecular weight excluding hydrogens is 204 g/mol. The number of hydrogen-bond donors (Lipinski definition) is 2. The molecule has 0 aromatic rings. The molecule has 0 heterocycles. The Morgan fingerprint density at radius 3 is 2.69 bits per heavy atom. The number of carbonyl (C=O) groups is 1. The maximum absolute atomic E-state index is 11.6. The van der Waals surface area contributed by atoms with Gasteiger partial charge in [0.2, 0.25) is 5.91 Å². The summed E-state index contributed by atoms with van der Waals surface area (Å²) in [5.41, 5.74) is 0.487. The van der Waals surface area contributed by atoms with Gasteiger partial charge in [0, 0.05) is 20.2 Å². The molecule has 1 amide bonds. The Hall–Kier alpha value is -0.610. The minimum Gasteiger partial charge on any atom is -0.383 e. The second-order valence-corrected chi connectivity index (χ2v) is 4.74. The van der Waals surface area contributed by atoms with Gasteiger partial charge < -0.3 is 15.4 Å². The Morgan fingerprint density at radius 1 is 1.50 bits per heavy atom. The van der Waals surface area contributed by atoms with Crippen LogP contribution in [0.2, 0.25) is 0 Å². The van der Waals surface area contributed by atoms with E-state index < -0.39 is 0 Å². The second-order valence-electron chi connectivity index (χ2n) is 4.74. The van der Waals surface area contributed by atoms with E-state index in [-0.39, 0.29) is 11.9 Å². The van der Waals surface area contributed by atoms with Gasteiger partial charge in [0.25, 0.3) is 0 Å². The molecule has 0 bridgehead atoms. The van der Waals surface area contributed by atoms with E-state index in [2.05, 4.69) is 17.6 Å². The van der Waals surface area contributed by atoms with E-state index in [1.165, 1.54) is 19.3 Å². The quantitative estimate of drug-likeness (QED) is 0.607. The number of nitrogens with one attached hydrogen (secondary N) is 2. The average Bonchev–Trinajstić information content (AvgIpc) is 3.07. The molecule has 0 saturated heterocycles. The summed E-state index contributed by atoms with van der Waals surface area (Å²) in [6.45, 7) is 6.24. The van der Waals surface area contributed by atoms with Gasteiger partial charge in [0.05, 0.1) is 12.6 Å². The van der Waals surface area contributed by atoms with E-state index in [1.807, 2.05) is 6.92 Å². The topological polar surface area (TPSA) is 50.4 Å². The molecule has 1 unspecified atom stereocenters. The van der Waals surface area contributed by atoms with Crippen molar-refractivity contribution in [3.05, 3.63) is 0 Å². The maximum Gasteiger partial charge on any atom is 0.236 e. The first-order valence-corrected chi connectivity index (χ1v) is 6.13. The van der Waals surface area contributed by atoms with E-state index in [9.17, 15) is 4.79 Å². The van der Waals surface area contributed by atoms with Crippen LogP contribution in [-0.2, 0) is 9.53 Å². The summed E-state index contributed by atoms with van der Waals surface area (Å²) in [6, 6.07) is -0.110. The van der Waals surface area contributed by atoms with Crippen LogP contribution in [0.4, 0.5) is 0 Å². The van der Waals surface area contributed by atoms with Crippen molar-refractivity contribution in [3.8, 4) is 0 Å². The molecule has 94 valence electrons. The number of carbonyl (C=O) groups excluding carboxylic acids is 1. The van der Waals surface area contributed by atoms with Crippen molar-refractivity contribution in [2.24, 2.45) is 5.41 Å². The lowest BCUT2D eigenvalue weighted by Gasteiger charge is -2.18. The van der Waals surface area contributed by atoms with Crippen LogP contribution >= 0.6 is 0 Å². The highest BCUT2D eigenvalue weighted by molar-refractivity contribution is 5.81. The fourth-order valence-corrected chi connectivity index (χ4v) is 1.72. The third-order valence-corrected chi connectivity index (χ3v) is 3.49. The standard InChI is InChI=1S/C12H24N2O2/c1-4-12(5-6-12)9-14-10(2)11(15)13-7-8-16-3/h10,14H,4-9H2,1-3H3,(H,13,15). The number of amides is 1. The lowest BCUT2D eigenvalue weighted by atomic mass is 10.0. The van der Waals surface area contributed by atoms with Gasteiger partial charge >= 0.3 is 0 Å². The van der Waals surface area contributed by atoms with Crippen LogP contribution in [0, 0.1) is 5.41 Å². The minimum atomic E-state index is -0.110. The predicted molar refractivity (Wildman–Crippen MR) is 64.3 cm³/mol. The number of rotatable bonds is 8. The summed E-state index contributed by atoms with van der Waals surface area (Å²) in [5, 5.41) is 6.14. The third kappa shape index (κ3) is 4.10. The van der Waals surface area contributed by atoms with Crippen LogP contribution in [0.25, 0.3) is 0 Å². The van der Waals surface area contributed by atoms with Crippen molar-refractivity contribution in [2.45, 2.75) is 39.2 Å². The zero-order valence-electron chi connectivity index (χ0n) is 10.6. The van der Waals surface area contributed by atoms with Gasteiger partial charge in [0.1, 0.15) is 0 Å². The molecule has 1 rings (SSSR count). The predicted octanol–water partition coefficient (Wildman–Crippen LogP) is 0.917. The SMILES string of the molecule is CCC1(CNC(C)C(=O)NCCOC)CC1. The minimum absolute atomic E-state index is 0.0592. The summed E-state index contributed by atoms with van der Waals surface area (Å²) in [4.78, 5) is 11.6. The lowest BCUT2D eigenvalue weighted by Crippen LogP contribution is -2.44. The van der Waals surface area contributed by atoms with Gasteiger partial charge in [-0.25, -0.2) is 0 Å². The molecule has 4 nitrogen and oxygen atoms in total. The number of methoxy groups -OCH3 is 1. The fourth-order valence-electron chi connectivity index (χ4n) is 1.72. The molecule has 0 aliphatic heterocycles. The molecule has 1 atom stereocenters. The smallest absolute Gasteiger partial charge is 0.236 e. The van der Waals surface area contributed by atoms with E-state index in [4.69, 9.17) is 4.74 Å². The molecule has 1 aliphatic rings. The zero-order chi connectivity index (χ0) is 12.0. The third-order valence-electron chi connectivity index (χ3n) is 3.49. The maximum atomic E-state index is 11.6. The van der Waals surface area contributed by atoms with Crippen LogP contribution in [0.5, 0.6) is 0 Å². The Morgan fingerprint density at radius 2 is 2.19 bits per heavy atom. The van der Waals surface area contributed by atoms with Crippen molar-refractivity contribution in [2.75, 3.05) is 26.8 Å². The van der Waals surface area contributed by atoms with Crippen LogP contribution in [-0.4, -0.2) is 38.8 Å². The molecule has 1 saturated carbocycles. The molecule has 2 N–H and O–H groups in total. The highest BCUT2D eigenvalue weighted by Crippen LogP contribution is 2.47. The molecule has 4 heteroatoms. The van der Waals surface area contributed by atoms with Gasteiger partial charge in [-0.05, 0) is 31.6 Å². The van der Waals surface area contributed by atoms with Crippen molar-refractivity contribution >= 4 is 5.91 Å². The Bertz CT molecular complexity index is 227. The first kappa shape index (κ1) is 13.5. The summed E-state index contributed by atoms with van der Waals surface area (Å²) in [5.74, 6) is 0.0592. The van der Waals surface area contributed by atoms with Gasteiger partial charge in [-0.1, -0.05) is 6.92 Å². The molecule has 16 heavy (non-hydrogen) atoms. The summed E-state index contributed by atoms with van der Waals surface area (Å²) >= 11 is 0. The first-order valence-electron chi connectivity index (χ1n) is 6.13. The highest BCUT2D eigenvalue weighted by Gasteiger charge is 2.40. The van der Waals surface area contributed by atoms with Crippen molar-refractivity contribution in [1.29, 1.82) is 0 Å². The van der Waals surface area contributed by atoms with Crippen LogP contribution in [0.15, 0.2) is 0 Å². The van der Waals surface area contributed by atoms with Crippen molar-refractivity contribution in [1.82, 2.24) is 10.6 Å².